The molecule has 0 bridgehead atoms. The minimum atomic E-state index is 0.0483. The minimum Gasteiger partial charge on any atom is -0.490 e. The van der Waals surface area contributed by atoms with Gasteiger partial charge in [0.25, 0.3) is 0 Å². The number of aromatic nitrogens is 2. The number of methoxy groups -OCH3 is 1. The number of halogens is 1. The van der Waals surface area contributed by atoms with Crippen molar-refractivity contribution in [3.05, 3.63) is 41.2 Å². The van der Waals surface area contributed by atoms with Gasteiger partial charge in [-0.15, -0.1) is 0 Å². The molecule has 0 amide bonds. The first-order chi connectivity index (χ1) is 10.1. The van der Waals surface area contributed by atoms with E-state index in [2.05, 4.69) is 22.2 Å². The van der Waals surface area contributed by atoms with Crippen LogP contribution in [0, 0.1) is 0 Å². The number of anilines is 2. The maximum atomic E-state index is 6.28. The number of ether oxygens (including phenoxy) is 1. The highest BCUT2D eigenvalue weighted by molar-refractivity contribution is 6.31. The first-order valence-electron chi connectivity index (χ1n) is 6.64. The zero-order valence-electron chi connectivity index (χ0n) is 12.6. The highest BCUT2D eigenvalue weighted by atomic mass is 35.5. The Hall–Kier alpha value is -2.01. The predicted molar refractivity (Wildman–Crippen MR) is 86.4 cm³/mol. The Morgan fingerprint density at radius 3 is 2.62 bits per heavy atom. The fourth-order valence-electron chi connectivity index (χ4n) is 2.19. The zero-order valence-corrected chi connectivity index (χ0v) is 13.3. The van der Waals surface area contributed by atoms with Crippen LogP contribution in [0.25, 0.3) is 0 Å². The van der Waals surface area contributed by atoms with Gasteiger partial charge >= 0.3 is 0 Å². The largest absolute Gasteiger partial charge is 0.490 e. The van der Waals surface area contributed by atoms with E-state index in [9.17, 15) is 0 Å². The summed E-state index contributed by atoms with van der Waals surface area (Å²) in [5.74, 6) is 1.98. The molecule has 1 heterocycles. The second-order valence-corrected chi connectivity index (χ2v) is 5.04. The van der Waals surface area contributed by atoms with Crippen molar-refractivity contribution < 1.29 is 4.74 Å². The molecule has 5 nitrogen and oxygen atoms in total. The molecule has 112 valence electrons. The Morgan fingerprint density at radius 1 is 1.29 bits per heavy atom. The van der Waals surface area contributed by atoms with Crippen LogP contribution in [-0.2, 0) is 0 Å². The summed E-state index contributed by atoms with van der Waals surface area (Å²) in [6.45, 7) is 2.07. The number of hydrogen-bond donors (Lipinski definition) is 1. The number of rotatable bonds is 5. The van der Waals surface area contributed by atoms with Crippen LogP contribution in [0.1, 0.15) is 18.5 Å². The average molecular weight is 307 g/mol. The van der Waals surface area contributed by atoms with Crippen molar-refractivity contribution in [3.63, 3.8) is 0 Å². The molecule has 0 spiro atoms. The van der Waals surface area contributed by atoms with Gasteiger partial charge in [-0.3, -0.25) is 0 Å². The van der Waals surface area contributed by atoms with Gasteiger partial charge in [-0.1, -0.05) is 29.8 Å². The van der Waals surface area contributed by atoms with E-state index in [0.717, 1.165) is 10.6 Å². The predicted octanol–water partition coefficient (Wildman–Crippen LogP) is 3.38. The molecule has 2 aromatic rings. The summed E-state index contributed by atoms with van der Waals surface area (Å²) >= 11 is 6.28. The highest BCUT2D eigenvalue weighted by Crippen LogP contribution is 2.36. The van der Waals surface area contributed by atoms with Gasteiger partial charge in [0, 0.05) is 19.1 Å². The van der Waals surface area contributed by atoms with Crippen LogP contribution in [0.5, 0.6) is 5.75 Å². The summed E-state index contributed by atoms with van der Waals surface area (Å²) in [5, 5.41) is 3.74. The molecular formula is C15H19ClN4O. The molecule has 1 aromatic carbocycles. The van der Waals surface area contributed by atoms with E-state index >= 15 is 0 Å². The molecule has 2 rings (SSSR count). The summed E-state index contributed by atoms with van der Waals surface area (Å²) in [4.78, 5) is 10.5. The normalized spacial score (nSPS) is 11.9. The van der Waals surface area contributed by atoms with Crippen molar-refractivity contribution in [2.75, 3.05) is 31.4 Å². The lowest BCUT2D eigenvalue weighted by Crippen LogP contribution is -2.24. The third-order valence-corrected chi connectivity index (χ3v) is 3.84. The number of hydrogen-bond acceptors (Lipinski definition) is 5. The van der Waals surface area contributed by atoms with Crippen LogP contribution < -0.4 is 15.0 Å². The standard InChI is InChI=1S/C15H19ClN4O/c1-10(11-7-5-6-8-12(11)16)20(3)15-13(21-4)14(17-2)18-9-19-15/h5-10H,1-4H3,(H,17,18,19). The average Bonchev–Trinajstić information content (AvgIpc) is 2.53. The Kier molecular flexibility index (Phi) is 4.85. The van der Waals surface area contributed by atoms with Gasteiger partial charge in [0.05, 0.1) is 13.2 Å². The lowest BCUT2D eigenvalue weighted by atomic mass is 10.1. The van der Waals surface area contributed by atoms with Crippen LogP contribution in [-0.4, -0.2) is 31.2 Å². The molecule has 21 heavy (non-hydrogen) atoms. The number of nitrogens with one attached hydrogen (secondary N) is 1. The third-order valence-electron chi connectivity index (χ3n) is 3.50. The maximum Gasteiger partial charge on any atom is 0.204 e. The molecule has 1 aromatic heterocycles. The van der Waals surface area contributed by atoms with E-state index < -0.39 is 0 Å². The van der Waals surface area contributed by atoms with E-state index in [4.69, 9.17) is 16.3 Å². The van der Waals surface area contributed by atoms with E-state index in [-0.39, 0.29) is 6.04 Å². The SMILES string of the molecule is CNc1ncnc(N(C)C(C)c2ccccc2Cl)c1OC. The van der Waals surface area contributed by atoms with Crippen LogP contribution in [0.2, 0.25) is 5.02 Å². The molecule has 0 fully saturated rings. The first-order valence-corrected chi connectivity index (χ1v) is 7.02. The van der Waals surface area contributed by atoms with Crippen molar-refractivity contribution in [1.29, 1.82) is 0 Å². The summed E-state index contributed by atoms with van der Waals surface area (Å²) in [6.07, 6.45) is 1.51. The van der Waals surface area contributed by atoms with Crippen molar-refractivity contribution in [3.8, 4) is 5.75 Å². The lowest BCUT2D eigenvalue weighted by molar-refractivity contribution is 0.412. The fourth-order valence-corrected chi connectivity index (χ4v) is 2.48. The van der Waals surface area contributed by atoms with Gasteiger partial charge in [0.1, 0.15) is 6.33 Å². The molecule has 0 aliphatic heterocycles. The van der Waals surface area contributed by atoms with Gasteiger partial charge in [-0.2, -0.15) is 0 Å². The summed E-state index contributed by atoms with van der Waals surface area (Å²) in [5.41, 5.74) is 1.04. The van der Waals surface area contributed by atoms with Crippen molar-refractivity contribution in [2.45, 2.75) is 13.0 Å². The van der Waals surface area contributed by atoms with Crippen molar-refractivity contribution in [2.24, 2.45) is 0 Å². The molecule has 1 unspecified atom stereocenters. The van der Waals surface area contributed by atoms with Gasteiger partial charge in [-0.05, 0) is 18.6 Å². The maximum absolute atomic E-state index is 6.28. The Bertz CT molecular complexity index is 620. The molecule has 0 saturated carbocycles. The highest BCUT2D eigenvalue weighted by Gasteiger charge is 2.21. The molecule has 1 atom stereocenters. The van der Waals surface area contributed by atoms with Crippen LogP contribution in [0.4, 0.5) is 11.6 Å². The minimum absolute atomic E-state index is 0.0483. The van der Waals surface area contributed by atoms with Gasteiger partial charge in [0.2, 0.25) is 5.75 Å². The molecular weight excluding hydrogens is 288 g/mol. The van der Waals surface area contributed by atoms with E-state index in [0.29, 0.717) is 17.4 Å². The second-order valence-electron chi connectivity index (χ2n) is 4.64. The Morgan fingerprint density at radius 2 is 2.00 bits per heavy atom. The molecule has 0 aliphatic rings. The zero-order chi connectivity index (χ0) is 15.4. The van der Waals surface area contributed by atoms with Gasteiger partial charge < -0.3 is 15.0 Å². The number of benzene rings is 1. The Balaban J connectivity index is 2.40. The van der Waals surface area contributed by atoms with Crippen molar-refractivity contribution in [1.82, 2.24) is 9.97 Å². The van der Waals surface area contributed by atoms with E-state index in [1.54, 1.807) is 14.2 Å². The summed E-state index contributed by atoms with van der Waals surface area (Å²) in [6, 6.07) is 7.84. The lowest BCUT2D eigenvalue weighted by Gasteiger charge is -2.28. The second kappa shape index (κ2) is 6.63. The number of nitrogens with zero attached hydrogens (tertiary/aromatic N) is 3. The van der Waals surface area contributed by atoms with Gasteiger partial charge in [-0.25, -0.2) is 9.97 Å². The summed E-state index contributed by atoms with van der Waals surface area (Å²) in [7, 11) is 5.36. The molecule has 6 heteroatoms. The topological polar surface area (TPSA) is 50.3 Å². The fraction of sp³-hybridized carbons (Fsp3) is 0.333. The molecule has 0 saturated heterocycles. The van der Waals surface area contributed by atoms with E-state index in [1.807, 2.05) is 36.2 Å². The van der Waals surface area contributed by atoms with Crippen LogP contribution in [0.3, 0.4) is 0 Å². The first kappa shape index (κ1) is 15.4. The third kappa shape index (κ3) is 3.03. The van der Waals surface area contributed by atoms with Crippen LogP contribution in [0.15, 0.2) is 30.6 Å². The van der Waals surface area contributed by atoms with Crippen molar-refractivity contribution >= 4 is 23.2 Å². The monoisotopic (exact) mass is 306 g/mol. The molecule has 0 aliphatic carbocycles. The van der Waals surface area contributed by atoms with Crippen LogP contribution >= 0.6 is 11.6 Å². The smallest absolute Gasteiger partial charge is 0.204 e. The van der Waals surface area contributed by atoms with Gasteiger partial charge in [0.15, 0.2) is 11.6 Å². The molecule has 0 radical (unpaired) electrons. The van der Waals surface area contributed by atoms with E-state index in [1.165, 1.54) is 6.33 Å². The summed E-state index contributed by atoms with van der Waals surface area (Å²) < 4.78 is 5.44. The Labute approximate surface area is 129 Å². The quantitative estimate of drug-likeness (QED) is 0.917. The molecule has 1 N–H and O–H groups in total.